The van der Waals surface area contributed by atoms with E-state index in [1.165, 1.54) is 0 Å². The van der Waals surface area contributed by atoms with Gasteiger partial charge in [0.15, 0.2) is 18.2 Å². The molecular weight excluding hydrogens is 378 g/mol. The fourth-order valence-corrected chi connectivity index (χ4v) is 2.85. The van der Waals surface area contributed by atoms with Crippen molar-refractivity contribution in [3.8, 4) is 11.3 Å². The minimum Gasteiger partial charge on any atom is -0.456 e. The lowest BCUT2D eigenvalue weighted by Gasteiger charge is -2.06. The summed E-state index contributed by atoms with van der Waals surface area (Å²) in [5, 5.41) is 0.632. The molecule has 0 aliphatic carbocycles. The van der Waals surface area contributed by atoms with Crippen LogP contribution >= 0.6 is 11.6 Å². The molecule has 0 N–H and O–H groups in total. The minimum absolute atomic E-state index is 0.0109. The van der Waals surface area contributed by atoms with E-state index in [4.69, 9.17) is 20.8 Å². The van der Waals surface area contributed by atoms with E-state index in [1.807, 2.05) is 44.2 Å². The Morgan fingerprint density at radius 1 is 1.07 bits per heavy atom. The zero-order chi connectivity index (χ0) is 20.1. The Kier molecular flexibility index (Phi) is 6.26. The molecule has 0 radical (unpaired) electrons. The molecule has 6 heteroatoms. The number of aryl methyl sites for hydroxylation is 2. The lowest BCUT2D eigenvalue weighted by Crippen LogP contribution is -2.09. The normalized spacial score (nSPS) is 10.7. The van der Waals surface area contributed by atoms with Gasteiger partial charge in [0, 0.05) is 22.6 Å². The predicted molar refractivity (Wildman–Crippen MR) is 106 cm³/mol. The van der Waals surface area contributed by atoms with Crippen LogP contribution in [0.3, 0.4) is 0 Å². The summed E-state index contributed by atoms with van der Waals surface area (Å²) < 4.78 is 10.8. The molecule has 3 rings (SSSR count). The van der Waals surface area contributed by atoms with E-state index in [2.05, 4.69) is 4.98 Å². The molecular formula is C22H20ClNO4. The van der Waals surface area contributed by atoms with E-state index in [0.717, 1.165) is 16.7 Å². The van der Waals surface area contributed by atoms with Crippen molar-refractivity contribution in [1.82, 2.24) is 4.98 Å². The first-order valence-electron chi connectivity index (χ1n) is 8.89. The number of oxazole rings is 1. The van der Waals surface area contributed by atoms with E-state index in [-0.39, 0.29) is 25.2 Å². The molecule has 1 aromatic heterocycles. The van der Waals surface area contributed by atoms with E-state index >= 15 is 0 Å². The lowest BCUT2D eigenvalue weighted by molar-refractivity contribution is -0.145. The predicted octanol–water partition coefficient (Wildman–Crippen LogP) is 5.32. The number of rotatable bonds is 7. The number of halogens is 1. The number of ether oxygens (including phenoxy) is 1. The Morgan fingerprint density at radius 2 is 1.82 bits per heavy atom. The first-order chi connectivity index (χ1) is 13.4. The maximum absolute atomic E-state index is 12.3. The highest BCUT2D eigenvalue weighted by Crippen LogP contribution is 2.22. The number of carbonyl (C=O) groups excluding carboxylic acids is 2. The van der Waals surface area contributed by atoms with Crippen molar-refractivity contribution in [3.63, 3.8) is 0 Å². The molecule has 0 spiro atoms. The van der Waals surface area contributed by atoms with E-state index < -0.39 is 5.97 Å². The van der Waals surface area contributed by atoms with Gasteiger partial charge in [-0.3, -0.25) is 9.59 Å². The van der Waals surface area contributed by atoms with Crippen molar-refractivity contribution in [2.75, 3.05) is 0 Å². The molecule has 1 heterocycles. The number of hydrogen-bond donors (Lipinski definition) is 0. The average molecular weight is 398 g/mol. The van der Waals surface area contributed by atoms with Crippen molar-refractivity contribution in [2.24, 2.45) is 0 Å². The highest BCUT2D eigenvalue weighted by Gasteiger charge is 2.14. The summed E-state index contributed by atoms with van der Waals surface area (Å²) in [7, 11) is 0. The van der Waals surface area contributed by atoms with Crippen molar-refractivity contribution in [1.29, 1.82) is 0 Å². The lowest BCUT2D eigenvalue weighted by atomic mass is 9.99. The highest BCUT2D eigenvalue weighted by atomic mass is 35.5. The van der Waals surface area contributed by atoms with Gasteiger partial charge in [-0.05, 0) is 49.7 Å². The van der Waals surface area contributed by atoms with Gasteiger partial charge in [-0.1, -0.05) is 29.3 Å². The molecule has 144 valence electrons. The Morgan fingerprint density at radius 3 is 2.57 bits per heavy atom. The molecule has 0 atom stereocenters. The van der Waals surface area contributed by atoms with Crippen molar-refractivity contribution in [2.45, 2.75) is 33.3 Å². The second kappa shape index (κ2) is 8.85. The van der Waals surface area contributed by atoms with Crippen LogP contribution in [0.5, 0.6) is 0 Å². The smallest absolute Gasteiger partial charge is 0.306 e. The maximum atomic E-state index is 12.3. The largest absolute Gasteiger partial charge is 0.456 e. The molecule has 5 nitrogen and oxygen atoms in total. The van der Waals surface area contributed by atoms with Crippen LogP contribution < -0.4 is 0 Å². The highest BCUT2D eigenvalue weighted by molar-refractivity contribution is 6.30. The van der Waals surface area contributed by atoms with Crippen LogP contribution in [-0.2, 0) is 16.1 Å². The Balaban J connectivity index is 1.50. The quantitative estimate of drug-likeness (QED) is 0.398. The average Bonchev–Trinajstić information content (AvgIpc) is 3.16. The standard InChI is InChI=1S/C22H20ClNO4/c1-14-3-4-15(2)18(11-14)19(25)9-10-22(26)27-13-21-24-12-20(28-21)16-5-7-17(23)8-6-16/h3-8,11-12H,9-10,13H2,1-2H3. The molecule has 28 heavy (non-hydrogen) atoms. The van der Waals surface area contributed by atoms with Gasteiger partial charge in [0.05, 0.1) is 12.6 Å². The SMILES string of the molecule is Cc1ccc(C)c(C(=O)CCC(=O)OCc2ncc(-c3ccc(Cl)cc3)o2)c1. The summed E-state index contributed by atoms with van der Waals surface area (Å²) in [6.45, 7) is 3.73. The molecule has 0 bridgehead atoms. The Hall–Kier alpha value is -2.92. The van der Waals surface area contributed by atoms with Gasteiger partial charge in [0.2, 0.25) is 5.89 Å². The first-order valence-corrected chi connectivity index (χ1v) is 9.27. The molecule has 0 saturated carbocycles. The van der Waals surface area contributed by atoms with Crippen molar-refractivity contribution in [3.05, 3.63) is 76.3 Å². The second-order valence-electron chi connectivity index (χ2n) is 6.53. The number of esters is 1. The third-order valence-electron chi connectivity index (χ3n) is 4.29. The molecule has 0 saturated heterocycles. The summed E-state index contributed by atoms with van der Waals surface area (Å²) in [4.78, 5) is 28.4. The van der Waals surface area contributed by atoms with Crippen LogP contribution in [0.4, 0.5) is 0 Å². The van der Waals surface area contributed by atoms with Gasteiger partial charge in [-0.15, -0.1) is 0 Å². The number of nitrogens with zero attached hydrogens (tertiary/aromatic N) is 1. The molecule has 0 aliphatic rings. The fourth-order valence-electron chi connectivity index (χ4n) is 2.73. The van der Waals surface area contributed by atoms with Crippen molar-refractivity contribution >= 4 is 23.4 Å². The van der Waals surface area contributed by atoms with E-state index in [9.17, 15) is 9.59 Å². The van der Waals surface area contributed by atoms with Crippen LogP contribution in [0, 0.1) is 13.8 Å². The van der Waals surface area contributed by atoms with Crippen LogP contribution in [0.1, 0.15) is 40.2 Å². The molecule has 3 aromatic rings. The number of Topliss-reactive ketones (excluding diaryl/α,β-unsaturated/α-hetero) is 1. The van der Waals surface area contributed by atoms with Crippen LogP contribution in [0.25, 0.3) is 11.3 Å². The zero-order valence-electron chi connectivity index (χ0n) is 15.7. The number of benzene rings is 2. The fraction of sp³-hybridized carbons (Fsp3) is 0.227. The van der Waals surface area contributed by atoms with Gasteiger partial charge in [0.25, 0.3) is 0 Å². The van der Waals surface area contributed by atoms with Gasteiger partial charge in [0.1, 0.15) is 0 Å². The maximum Gasteiger partial charge on any atom is 0.306 e. The molecule has 0 amide bonds. The van der Waals surface area contributed by atoms with Gasteiger partial charge < -0.3 is 9.15 Å². The Labute approximate surface area is 168 Å². The number of hydrogen-bond acceptors (Lipinski definition) is 5. The van der Waals surface area contributed by atoms with Gasteiger partial charge in [-0.2, -0.15) is 0 Å². The van der Waals surface area contributed by atoms with Crippen LogP contribution in [0.15, 0.2) is 53.1 Å². The summed E-state index contributed by atoms with van der Waals surface area (Å²) in [6.07, 6.45) is 1.68. The van der Waals surface area contributed by atoms with Crippen LogP contribution in [0.2, 0.25) is 5.02 Å². The topological polar surface area (TPSA) is 69.4 Å². The van der Waals surface area contributed by atoms with Crippen LogP contribution in [-0.4, -0.2) is 16.7 Å². The number of ketones is 1. The monoisotopic (exact) mass is 397 g/mol. The number of carbonyl (C=O) groups is 2. The Bertz CT molecular complexity index is 992. The summed E-state index contributed by atoms with van der Waals surface area (Å²) in [5.41, 5.74) is 3.39. The third kappa shape index (κ3) is 5.08. The molecule has 0 aliphatic heterocycles. The second-order valence-corrected chi connectivity index (χ2v) is 6.96. The van der Waals surface area contributed by atoms with E-state index in [1.54, 1.807) is 18.3 Å². The third-order valence-corrected chi connectivity index (χ3v) is 4.54. The van der Waals surface area contributed by atoms with Gasteiger partial charge in [-0.25, -0.2) is 4.98 Å². The molecule has 0 unspecified atom stereocenters. The summed E-state index contributed by atoms with van der Waals surface area (Å²) in [5.74, 6) is 0.316. The minimum atomic E-state index is -0.468. The number of aromatic nitrogens is 1. The van der Waals surface area contributed by atoms with E-state index in [0.29, 0.717) is 22.2 Å². The van der Waals surface area contributed by atoms with Crippen molar-refractivity contribution < 1.29 is 18.7 Å². The first kappa shape index (κ1) is 19.8. The molecule has 2 aromatic carbocycles. The zero-order valence-corrected chi connectivity index (χ0v) is 16.5. The van der Waals surface area contributed by atoms with Gasteiger partial charge >= 0.3 is 5.97 Å². The summed E-state index contributed by atoms with van der Waals surface area (Å²) in [6, 6.07) is 12.8. The molecule has 0 fully saturated rings. The summed E-state index contributed by atoms with van der Waals surface area (Å²) >= 11 is 5.87.